The number of nitrogens with zero attached hydrogens (tertiary/aromatic N) is 4. The molecule has 212 valence electrons. The molecule has 0 bridgehead atoms. The zero-order valence-electron chi connectivity index (χ0n) is 24.5. The van der Waals surface area contributed by atoms with Crippen LogP contribution in [0.2, 0.25) is 0 Å². The van der Waals surface area contributed by atoms with Crippen LogP contribution in [0.3, 0.4) is 0 Å². The number of ether oxygens (including phenoxy) is 1. The Bertz CT molecular complexity index is 1360. The van der Waals surface area contributed by atoms with Crippen molar-refractivity contribution in [2.45, 2.75) is 46.7 Å². The van der Waals surface area contributed by atoms with Gasteiger partial charge in [0.25, 0.3) is 11.8 Å². The number of anilines is 5. The van der Waals surface area contributed by atoms with Crippen LogP contribution in [0, 0.1) is 0 Å². The van der Waals surface area contributed by atoms with Crippen molar-refractivity contribution >= 4 is 40.4 Å². The highest BCUT2D eigenvalue weighted by Crippen LogP contribution is 2.40. The van der Waals surface area contributed by atoms with Crippen LogP contribution in [0.25, 0.3) is 0 Å². The Morgan fingerprint density at radius 3 is 2.40 bits per heavy atom. The zero-order chi connectivity index (χ0) is 29.0. The van der Waals surface area contributed by atoms with Gasteiger partial charge in [0.2, 0.25) is 0 Å². The first kappa shape index (κ1) is 28.9. The van der Waals surface area contributed by atoms with E-state index >= 15 is 0 Å². The van der Waals surface area contributed by atoms with Crippen molar-refractivity contribution in [2.24, 2.45) is 0 Å². The summed E-state index contributed by atoms with van der Waals surface area (Å²) in [5.74, 6) is 0.920. The molecule has 2 N–H and O–H groups in total. The number of fused-ring (bicyclic) bond motifs is 2. The molecule has 0 unspecified atom stereocenters. The van der Waals surface area contributed by atoms with Gasteiger partial charge in [0.15, 0.2) is 0 Å². The van der Waals surface area contributed by atoms with Crippen molar-refractivity contribution in [3.63, 3.8) is 0 Å². The van der Waals surface area contributed by atoms with Crippen LogP contribution in [-0.4, -0.2) is 67.6 Å². The first-order chi connectivity index (χ1) is 19.1. The maximum Gasteiger partial charge on any atom is 0.260 e. The van der Waals surface area contributed by atoms with Gasteiger partial charge in [-0.05, 0) is 65.0 Å². The van der Waals surface area contributed by atoms with Gasteiger partial charge in [-0.1, -0.05) is 12.1 Å². The predicted octanol–water partition coefficient (Wildman–Crippen LogP) is 5.43. The number of nitrogens with one attached hydrogen (secondary N) is 2. The molecule has 0 atom stereocenters. The summed E-state index contributed by atoms with van der Waals surface area (Å²) in [6.45, 7) is 12.3. The van der Waals surface area contributed by atoms with Crippen LogP contribution in [-0.2, 0) is 0 Å². The van der Waals surface area contributed by atoms with Crippen LogP contribution in [0.15, 0.2) is 54.7 Å². The van der Waals surface area contributed by atoms with Crippen molar-refractivity contribution in [1.29, 1.82) is 0 Å². The molecule has 0 spiro atoms. The second-order valence-electron chi connectivity index (χ2n) is 10.4. The molecule has 1 aromatic heterocycles. The summed E-state index contributed by atoms with van der Waals surface area (Å²) >= 11 is 0. The SMILES string of the molecule is CCOc1cc(C(=O)NCCN(C(C)C)C(C)C)ccc1Nc1cc2c(cn1)N(C)C(=O)c1ccccc1N2C. The highest BCUT2D eigenvalue weighted by Gasteiger charge is 2.27. The molecule has 3 aromatic rings. The molecule has 1 aliphatic rings. The molecule has 0 fully saturated rings. The van der Waals surface area contributed by atoms with E-state index in [0.29, 0.717) is 59.3 Å². The first-order valence-electron chi connectivity index (χ1n) is 13.8. The Morgan fingerprint density at radius 2 is 1.70 bits per heavy atom. The predicted molar refractivity (Wildman–Crippen MR) is 162 cm³/mol. The molecule has 2 aromatic carbocycles. The lowest BCUT2D eigenvalue weighted by Crippen LogP contribution is -2.42. The Labute approximate surface area is 237 Å². The van der Waals surface area contributed by atoms with E-state index in [2.05, 4.69) is 48.2 Å². The molecule has 9 nitrogen and oxygen atoms in total. The third-order valence-electron chi connectivity index (χ3n) is 7.17. The van der Waals surface area contributed by atoms with Gasteiger partial charge in [-0.25, -0.2) is 4.98 Å². The number of hydrogen-bond acceptors (Lipinski definition) is 7. The van der Waals surface area contributed by atoms with Crippen molar-refractivity contribution in [3.8, 4) is 5.75 Å². The van der Waals surface area contributed by atoms with Crippen molar-refractivity contribution in [3.05, 3.63) is 65.9 Å². The molecule has 40 heavy (non-hydrogen) atoms. The normalized spacial score (nSPS) is 12.9. The van der Waals surface area contributed by atoms with E-state index in [4.69, 9.17) is 4.74 Å². The van der Waals surface area contributed by atoms with Gasteiger partial charge in [-0.3, -0.25) is 14.5 Å². The average molecular weight is 545 g/mol. The van der Waals surface area contributed by atoms with Gasteiger partial charge in [-0.15, -0.1) is 0 Å². The summed E-state index contributed by atoms with van der Waals surface area (Å²) in [4.78, 5) is 36.6. The highest BCUT2D eigenvalue weighted by atomic mass is 16.5. The summed E-state index contributed by atoms with van der Waals surface area (Å²) in [5.41, 5.74) is 4.22. The van der Waals surface area contributed by atoms with Gasteiger partial charge in [0, 0.05) is 50.9 Å². The molecule has 2 heterocycles. The molecule has 0 saturated heterocycles. The lowest BCUT2D eigenvalue weighted by molar-refractivity contribution is 0.0938. The van der Waals surface area contributed by atoms with E-state index < -0.39 is 0 Å². The van der Waals surface area contributed by atoms with E-state index in [1.165, 1.54) is 0 Å². The maximum atomic E-state index is 13.1. The molecule has 4 rings (SSSR count). The van der Waals surface area contributed by atoms with Gasteiger partial charge in [-0.2, -0.15) is 0 Å². The number of aromatic nitrogens is 1. The van der Waals surface area contributed by atoms with E-state index in [-0.39, 0.29) is 11.8 Å². The topological polar surface area (TPSA) is 90.0 Å². The Kier molecular flexibility index (Phi) is 8.94. The monoisotopic (exact) mass is 544 g/mol. The number of pyridine rings is 1. The van der Waals surface area contributed by atoms with E-state index in [1.54, 1.807) is 30.3 Å². The smallest absolute Gasteiger partial charge is 0.260 e. The van der Waals surface area contributed by atoms with Crippen LogP contribution >= 0.6 is 0 Å². The average Bonchev–Trinajstić information content (AvgIpc) is 3.01. The largest absolute Gasteiger partial charge is 0.492 e. The Hall–Kier alpha value is -4.11. The molecule has 9 heteroatoms. The van der Waals surface area contributed by atoms with Gasteiger partial charge in [0.1, 0.15) is 11.6 Å². The van der Waals surface area contributed by atoms with E-state index in [0.717, 1.165) is 17.9 Å². The van der Waals surface area contributed by atoms with Crippen LogP contribution in [0.5, 0.6) is 5.75 Å². The van der Waals surface area contributed by atoms with Crippen molar-refractivity contribution in [2.75, 3.05) is 48.9 Å². The highest BCUT2D eigenvalue weighted by molar-refractivity contribution is 6.13. The minimum absolute atomic E-state index is 0.0858. The summed E-state index contributed by atoms with van der Waals surface area (Å²) in [7, 11) is 3.69. The molecular formula is C31H40N6O3. The summed E-state index contributed by atoms with van der Waals surface area (Å²) in [5, 5.41) is 6.37. The number of carbonyl (C=O) groups is 2. The summed E-state index contributed by atoms with van der Waals surface area (Å²) < 4.78 is 5.90. The lowest BCUT2D eigenvalue weighted by atomic mass is 10.1. The van der Waals surface area contributed by atoms with Crippen LogP contribution in [0.1, 0.15) is 55.3 Å². The number of carbonyl (C=O) groups excluding carboxylic acids is 2. The molecule has 0 radical (unpaired) electrons. The molecule has 1 aliphatic heterocycles. The minimum atomic E-state index is -0.142. The standard InChI is InChI=1S/C31H40N6O3/c1-8-40-28-17-22(30(38)32-15-16-37(20(2)3)21(4)5)13-14-24(28)34-29-18-26-27(19-33-29)36(7)31(39)23-11-9-10-12-25(23)35(26)6/h9-14,17-21H,8,15-16H2,1-7H3,(H,32,38)(H,33,34). The number of para-hydroxylation sites is 1. The quantitative estimate of drug-likeness (QED) is 0.352. The molecular weight excluding hydrogens is 504 g/mol. The third-order valence-corrected chi connectivity index (χ3v) is 7.17. The van der Waals surface area contributed by atoms with Crippen molar-refractivity contribution in [1.82, 2.24) is 15.2 Å². The summed E-state index contributed by atoms with van der Waals surface area (Å²) in [6.07, 6.45) is 1.69. The fraction of sp³-hybridized carbons (Fsp3) is 0.387. The maximum absolute atomic E-state index is 13.1. The molecule has 0 aliphatic carbocycles. The third kappa shape index (κ3) is 6.04. The number of benzene rings is 2. The fourth-order valence-corrected chi connectivity index (χ4v) is 5.09. The van der Waals surface area contributed by atoms with Gasteiger partial charge < -0.3 is 25.2 Å². The minimum Gasteiger partial charge on any atom is -0.492 e. The van der Waals surface area contributed by atoms with Crippen molar-refractivity contribution < 1.29 is 14.3 Å². The fourth-order valence-electron chi connectivity index (χ4n) is 5.09. The van der Waals surface area contributed by atoms with Gasteiger partial charge in [0.05, 0.1) is 41.1 Å². The number of hydrogen-bond donors (Lipinski definition) is 2. The first-order valence-corrected chi connectivity index (χ1v) is 13.8. The van der Waals surface area contributed by atoms with E-state index in [9.17, 15) is 9.59 Å². The van der Waals surface area contributed by atoms with Crippen LogP contribution in [0.4, 0.5) is 28.6 Å². The van der Waals surface area contributed by atoms with Gasteiger partial charge >= 0.3 is 0 Å². The molecule has 0 saturated carbocycles. The summed E-state index contributed by atoms with van der Waals surface area (Å²) in [6, 6.07) is 15.6. The van der Waals surface area contributed by atoms with E-state index in [1.807, 2.05) is 55.3 Å². The Morgan fingerprint density at radius 1 is 0.975 bits per heavy atom. The zero-order valence-corrected chi connectivity index (χ0v) is 24.5. The number of rotatable bonds is 10. The number of amides is 2. The second kappa shape index (κ2) is 12.4. The lowest BCUT2D eigenvalue weighted by Gasteiger charge is -2.30. The van der Waals surface area contributed by atoms with Crippen LogP contribution < -0.4 is 25.2 Å². The molecule has 2 amide bonds. The second-order valence-corrected chi connectivity index (χ2v) is 10.4. The Balaban J connectivity index is 1.55.